The van der Waals surface area contributed by atoms with Gasteiger partial charge >= 0.3 is 0 Å². The van der Waals surface area contributed by atoms with Crippen molar-refractivity contribution in [1.29, 1.82) is 0 Å². The molecule has 0 radical (unpaired) electrons. The molecule has 0 bridgehead atoms. The van der Waals surface area contributed by atoms with E-state index in [1.54, 1.807) is 24.3 Å². The number of hydrogen-bond acceptors (Lipinski definition) is 3. The highest BCUT2D eigenvalue weighted by atomic mass is 16.1. The van der Waals surface area contributed by atoms with Crippen molar-refractivity contribution in [3.8, 4) is 0 Å². The van der Waals surface area contributed by atoms with Crippen LogP contribution in [-0.2, 0) is 0 Å². The van der Waals surface area contributed by atoms with E-state index in [-0.39, 0.29) is 5.91 Å². The number of para-hydroxylation sites is 1. The maximum absolute atomic E-state index is 12.0. The van der Waals surface area contributed by atoms with Gasteiger partial charge in [-0.15, -0.1) is 0 Å². The number of nitrogens with zero attached hydrogens (tertiary/aromatic N) is 1. The molecule has 1 aromatic carbocycles. The molecule has 0 unspecified atom stereocenters. The van der Waals surface area contributed by atoms with Crippen LogP contribution in [0.15, 0.2) is 42.6 Å². The van der Waals surface area contributed by atoms with Crippen LogP contribution >= 0.6 is 0 Å². The number of nitrogens with two attached hydrogens (primary N) is 1. The van der Waals surface area contributed by atoms with E-state index >= 15 is 0 Å². The highest BCUT2D eigenvalue weighted by Crippen LogP contribution is 2.39. The molecule has 0 aliphatic heterocycles. The number of carbonyl (C=O) groups is 1. The minimum Gasteiger partial charge on any atom is -0.398 e. The van der Waals surface area contributed by atoms with Gasteiger partial charge in [0.15, 0.2) is 0 Å². The summed E-state index contributed by atoms with van der Waals surface area (Å²) in [6.07, 6.45) is 4.32. The molecule has 1 heterocycles. The topological polar surface area (TPSA) is 68.0 Å². The summed E-state index contributed by atoms with van der Waals surface area (Å²) in [5.41, 5.74) is 7.95. The first kappa shape index (κ1) is 11.7. The zero-order valence-corrected chi connectivity index (χ0v) is 10.5. The minimum atomic E-state index is -0.232. The number of anilines is 2. The summed E-state index contributed by atoms with van der Waals surface area (Å²) in [7, 11) is 0. The summed E-state index contributed by atoms with van der Waals surface area (Å²) in [5.74, 6) is 0.990. The summed E-state index contributed by atoms with van der Waals surface area (Å²) < 4.78 is 0. The quantitative estimate of drug-likeness (QED) is 0.826. The first-order valence-corrected chi connectivity index (χ1v) is 6.36. The van der Waals surface area contributed by atoms with E-state index in [1.807, 2.05) is 18.3 Å². The Balaban J connectivity index is 1.74. The van der Waals surface area contributed by atoms with E-state index in [9.17, 15) is 4.79 Å². The molecule has 3 rings (SSSR count). The fourth-order valence-electron chi connectivity index (χ4n) is 2.02. The van der Waals surface area contributed by atoms with Gasteiger partial charge in [-0.25, -0.2) is 4.98 Å². The van der Waals surface area contributed by atoms with Gasteiger partial charge in [0.05, 0.1) is 5.56 Å². The standard InChI is InChI=1S/C15H15N3O/c16-13-4-2-1-3-12(13)15(19)18-14-8-7-11(9-17-14)10-5-6-10/h1-4,7-10H,5-6,16H2,(H,17,18,19). The van der Waals surface area contributed by atoms with E-state index in [1.165, 1.54) is 18.4 Å². The number of nitrogen functional groups attached to an aromatic ring is 1. The summed E-state index contributed by atoms with van der Waals surface area (Å²) in [4.78, 5) is 16.3. The molecular weight excluding hydrogens is 238 g/mol. The highest BCUT2D eigenvalue weighted by molar-refractivity contribution is 6.07. The summed E-state index contributed by atoms with van der Waals surface area (Å²) in [5, 5.41) is 2.76. The molecular formula is C15H15N3O. The Morgan fingerprint density at radius 1 is 1.21 bits per heavy atom. The van der Waals surface area contributed by atoms with Crippen molar-refractivity contribution in [2.24, 2.45) is 0 Å². The van der Waals surface area contributed by atoms with Gasteiger partial charge in [-0.2, -0.15) is 0 Å². The van der Waals surface area contributed by atoms with E-state index < -0.39 is 0 Å². The second-order valence-corrected chi connectivity index (χ2v) is 4.79. The number of hydrogen-bond donors (Lipinski definition) is 2. The lowest BCUT2D eigenvalue weighted by Crippen LogP contribution is -2.14. The number of benzene rings is 1. The first-order valence-electron chi connectivity index (χ1n) is 6.36. The van der Waals surface area contributed by atoms with Crippen LogP contribution in [-0.4, -0.2) is 10.9 Å². The van der Waals surface area contributed by atoms with Crippen molar-refractivity contribution in [2.75, 3.05) is 11.1 Å². The van der Waals surface area contributed by atoms with Crippen LogP contribution < -0.4 is 11.1 Å². The fourth-order valence-corrected chi connectivity index (χ4v) is 2.02. The monoisotopic (exact) mass is 253 g/mol. The van der Waals surface area contributed by atoms with Gasteiger partial charge in [-0.1, -0.05) is 18.2 Å². The zero-order valence-electron chi connectivity index (χ0n) is 10.5. The number of aromatic nitrogens is 1. The van der Waals surface area contributed by atoms with Crippen molar-refractivity contribution in [2.45, 2.75) is 18.8 Å². The molecule has 3 N–H and O–H groups in total. The molecule has 19 heavy (non-hydrogen) atoms. The molecule has 0 spiro atoms. The van der Waals surface area contributed by atoms with Gasteiger partial charge in [0.25, 0.3) is 5.91 Å². The second kappa shape index (κ2) is 4.72. The Kier molecular flexibility index (Phi) is 2.91. The lowest BCUT2D eigenvalue weighted by Gasteiger charge is -2.07. The predicted molar refractivity (Wildman–Crippen MR) is 75.0 cm³/mol. The van der Waals surface area contributed by atoms with Crippen molar-refractivity contribution < 1.29 is 4.79 Å². The Hall–Kier alpha value is -2.36. The molecule has 96 valence electrons. The molecule has 0 atom stereocenters. The first-order chi connectivity index (χ1) is 9.24. The number of carbonyl (C=O) groups excluding carboxylic acids is 1. The Morgan fingerprint density at radius 3 is 2.63 bits per heavy atom. The fraction of sp³-hybridized carbons (Fsp3) is 0.200. The minimum absolute atomic E-state index is 0.232. The Morgan fingerprint density at radius 2 is 2.00 bits per heavy atom. The molecule has 0 saturated heterocycles. The van der Waals surface area contributed by atoms with Crippen LogP contribution in [0.4, 0.5) is 11.5 Å². The largest absolute Gasteiger partial charge is 0.398 e. The third kappa shape index (κ3) is 2.57. The van der Waals surface area contributed by atoms with E-state index in [0.717, 1.165) is 0 Å². The Bertz CT molecular complexity index is 603. The van der Waals surface area contributed by atoms with Gasteiger partial charge in [-0.3, -0.25) is 4.79 Å². The zero-order chi connectivity index (χ0) is 13.2. The van der Waals surface area contributed by atoms with Gasteiger partial charge in [-0.05, 0) is 42.5 Å². The highest BCUT2D eigenvalue weighted by Gasteiger charge is 2.23. The molecule has 1 aliphatic rings. The number of rotatable bonds is 3. The molecule has 1 saturated carbocycles. The molecule has 1 fully saturated rings. The van der Waals surface area contributed by atoms with E-state index in [2.05, 4.69) is 10.3 Å². The summed E-state index contributed by atoms with van der Waals surface area (Å²) in [6.45, 7) is 0. The SMILES string of the molecule is Nc1ccccc1C(=O)Nc1ccc(C2CC2)cn1. The summed E-state index contributed by atoms with van der Waals surface area (Å²) >= 11 is 0. The normalized spacial score (nSPS) is 14.1. The van der Waals surface area contributed by atoms with Crippen LogP contribution in [0, 0.1) is 0 Å². The lowest BCUT2D eigenvalue weighted by molar-refractivity contribution is 0.102. The van der Waals surface area contributed by atoms with Crippen molar-refractivity contribution in [3.63, 3.8) is 0 Å². The molecule has 4 heteroatoms. The van der Waals surface area contributed by atoms with Gasteiger partial charge in [0, 0.05) is 11.9 Å². The molecule has 1 aromatic heterocycles. The predicted octanol–water partition coefficient (Wildman–Crippen LogP) is 2.79. The van der Waals surface area contributed by atoms with Crippen molar-refractivity contribution >= 4 is 17.4 Å². The smallest absolute Gasteiger partial charge is 0.258 e. The number of pyridine rings is 1. The Labute approximate surface area is 111 Å². The maximum atomic E-state index is 12.0. The third-order valence-corrected chi connectivity index (χ3v) is 3.28. The van der Waals surface area contributed by atoms with Crippen LogP contribution in [0.2, 0.25) is 0 Å². The maximum Gasteiger partial charge on any atom is 0.258 e. The average Bonchev–Trinajstić information content (AvgIpc) is 3.24. The molecule has 2 aromatic rings. The lowest BCUT2D eigenvalue weighted by atomic mass is 10.1. The van der Waals surface area contributed by atoms with Gasteiger partial charge in [0.2, 0.25) is 0 Å². The summed E-state index contributed by atoms with van der Waals surface area (Å²) in [6, 6.07) is 10.9. The van der Waals surface area contributed by atoms with Crippen LogP contribution in [0.3, 0.4) is 0 Å². The second-order valence-electron chi connectivity index (χ2n) is 4.79. The molecule has 4 nitrogen and oxygen atoms in total. The van der Waals surface area contributed by atoms with Gasteiger partial charge < -0.3 is 11.1 Å². The number of nitrogens with one attached hydrogen (secondary N) is 1. The van der Waals surface area contributed by atoms with E-state index in [0.29, 0.717) is 23.0 Å². The number of amides is 1. The average molecular weight is 253 g/mol. The van der Waals surface area contributed by atoms with Crippen LogP contribution in [0.25, 0.3) is 0 Å². The van der Waals surface area contributed by atoms with Crippen LogP contribution in [0.1, 0.15) is 34.7 Å². The molecule has 1 aliphatic carbocycles. The third-order valence-electron chi connectivity index (χ3n) is 3.28. The van der Waals surface area contributed by atoms with Crippen LogP contribution in [0.5, 0.6) is 0 Å². The molecule has 1 amide bonds. The van der Waals surface area contributed by atoms with Crippen molar-refractivity contribution in [3.05, 3.63) is 53.7 Å². The van der Waals surface area contributed by atoms with E-state index in [4.69, 9.17) is 5.73 Å². The van der Waals surface area contributed by atoms with Crippen molar-refractivity contribution in [1.82, 2.24) is 4.98 Å². The van der Waals surface area contributed by atoms with Gasteiger partial charge in [0.1, 0.15) is 5.82 Å².